The molecule has 0 aliphatic heterocycles. The van der Waals surface area contributed by atoms with E-state index in [2.05, 4.69) is 40.7 Å². The van der Waals surface area contributed by atoms with Crippen LogP contribution >= 0.6 is 0 Å². The summed E-state index contributed by atoms with van der Waals surface area (Å²) < 4.78 is 10.5. The second kappa shape index (κ2) is 10.2. The van der Waals surface area contributed by atoms with Crippen molar-refractivity contribution in [3.8, 4) is 11.5 Å². The molecule has 2 aromatic carbocycles. The highest BCUT2D eigenvalue weighted by atomic mass is 16.5. The van der Waals surface area contributed by atoms with Crippen LogP contribution in [0, 0.1) is 12.8 Å². The molecule has 1 aromatic heterocycles. The summed E-state index contributed by atoms with van der Waals surface area (Å²) in [7, 11) is 3.05. The Morgan fingerprint density at radius 2 is 1.72 bits per heavy atom. The van der Waals surface area contributed by atoms with Crippen LogP contribution in [-0.4, -0.2) is 43.6 Å². The van der Waals surface area contributed by atoms with Crippen molar-refractivity contribution in [3.63, 3.8) is 0 Å². The zero-order valence-electron chi connectivity index (χ0n) is 19.2. The molecule has 7 heteroatoms. The summed E-state index contributed by atoms with van der Waals surface area (Å²) in [5.41, 5.74) is 3.80. The summed E-state index contributed by atoms with van der Waals surface area (Å²) >= 11 is 0. The number of rotatable bonds is 9. The standard InChI is InChI=1S/C25H31N3O4/c1-15(2)23(28-24(29)18-11-19(31-4)13-20(12-18)32-5)25(30)26-9-8-17-14-27-22-10-16(3)6-7-21(17)22/h6-7,10-15,23,27H,8-9H2,1-5H3,(H,26,30)(H,28,29). The minimum atomic E-state index is -0.662. The number of aromatic nitrogens is 1. The Labute approximate surface area is 188 Å². The summed E-state index contributed by atoms with van der Waals surface area (Å²) in [5.74, 6) is 0.368. The van der Waals surface area contributed by atoms with Crippen molar-refractivity contribution in [2.24, 2.45) is 5.92 Å². The third-order valence-electron chi connectivity index (χ3n) is 5.47. The Hall–Kier alpha value is -3.48. The topological polar surface area (TPSA) is 92.4 Å². The number of carbonyl (C=O) groups excluding carboxylic acids is 2. The van der Waals surface area contributed by atoms with Gasteiger partial charge in [0, 0.05) is 35.3 Å². The molecule has 3 rings (SSSR count). The Kier molecular flexibility index (Phi) is 7.41. The Bertz CT molecular complexity index is 1080. The van der Waals surface area contributed by atoms with E-state index >= 15 is 0 Å². The monoisotopic (exact) mass is 437 g/mol. The average molecular weight is 438 g/mol. The normalized spacial score (nSPS) is 11.9. The number of aryl methyl sites for hydroxylation is 1. The van der Waals surface area contributed by atoms with Crippen LogP contribution in [0.25, 0.3) is 10.9 Å². The second-order valence-electron chi connectivity index (χ2n) is 8.20. The Morgan fingerprint density at radius 1 is 1.03 bits per heavy atom. The number of H-pyrrole nitrogens is 1. The highest BCUT2D eigenvalue weighted by Crippen LogP contribution is 2.23. The van der Waals surface area contributed by atoms with Gasteiger partial charge in [0.25, 0.3) is 5.91 Å². The lowest BCUT2D eigenvalue weighted by atomic mass is 10.0. The van der Waals surface area contributed by atoms with E-state index in [1.165, 1.54) is 19.8 Å². The first kappa shape index (κ1) is 23.2. The highest BCUT2D eigenvalue weighted by molar-refractivity contribution is 5.98. The van der Waals surface area contributed by atoms with Gasteiger partial charge in [0.2, 0.25) is 5.91 Å². The Balaban J connectivity index is 1.63. The molecule has 0 aliphatic rings. The van der Waals surface area contributed by atoms with E-state index in [4.69, 9.17) is 9.47 Å². The van der Waals surface area contributed by atoms with Crippen LogP contribution < -0.4 is 20.1 Å². The molecule has 7 nitrogen and oxygen atoms in total. The zero-order chi connectivity index (χ0) is 23.3. The summed E-state index contributed by atoms with van der Waals surface area (Å²) in [6.07, 6.45) is 2.68. The molecule has 1 unspecified atom stereocenters. The van der Waals surface area contributed by atoms with Crippen LogP contribution in [0.15, 0.2) is 42.6 Å². The predicted octanol–water partition coefficient (Wildman–Crippen LogP) is 3.61. The van der Waals surface area contributed by atoms with Crippen LogP contribution in [0.4, 0.5) is 0 Å². The average Bonchev–Trinajstić information content (AvgIpc) is 3.18. The van der Waals surface area contributed by atoms with Crippen LogP contribution in [0.3, 0.4) is 0 Å². The minimum Gasteiger partial charge on any atom is -0.497 e. The molecule has 1 atom stereocenters. The van der Waals surface area contributed by atoms with E-state index in [9.17, 15) is 9.59 Å². The molecular weight excluding hydrogens is 406 g/mol. The number of carbonyl (C=O) groups is 2. The first-order valence-electron chi connectivity index (χ1n) is 10.7. The molecule has 170 valence electrons. The van der Waals surface area contributed by atoms with E-state index in [1.54, 1.807) is 18.2 Å². The van der Waals surface area contributed by atoms with Gasteiger partial charge < -0.3 is 25.1 Å². The van der Waals surface area contributed by atoms with E-state index in [0.29, 0.717) is 30.0 Å². The van der Waals surface area contributed by atoms with Crippen molar-refractivity contribution >= 4 is 22.7 Å². The molecule has 32 heavy (non-hydrogen) atoms. The van der Waals surface area contributed by atoms with Crippen LogP contribution in [-0.2, 0) is 11.2 Å². The number of amides is 2. The molecule has 0 saturated carbocycles. The largest absolute Gasteiger partial charge is 0.497 e. The smallest absolute Gasteiger partial charge is 0.252 e. The SMILES string of the molecule is COc1cc(OC)cc(C(=O)NC(C(=O)NCCc2c[nH]c3cc(C)ccc23)C(C)C)c1. The lowest BCUT2D eigenvalue weighted by molar-refractivity contribution is -0.123. The maximum atomic E-state index is 12.9. The van der Waals surface area contributed by atoms with Gasteiger partial charge >= 0.3 is 0 Å². The number of hydrogen-bond donors (Lipinski definition) is 3. The predicted molar refractivity (Wildman–Crippen MR) is 125 cm³/mol. The maximum absolute atomic E-state index is 12.9. The summed E-state index contributed by atoms with van der Waals surface area (Å²) in [6.45, 7) is 6.34. The van der Waals surface area contributed by atoms with Gasteiger partial charge in [0.15, 0.2) is 0 Å². The molecule has 0 radical (unpaired) electrons. The fourth-order valence-electron chi connectivity index (χ4n) is 3.64. The first-order valence-corrected chi connectivity index (χ1v) is 10.7. The van der Waals surface area contributed by atoms with Crippen LogP contribution in [0.5, 0.6) is 11.5 Å². The van der Waals surface area contributed by atoms with E-state index in [0.717, 1.165) is 16.5 Å². The second-order valence-corrected chi connectivity index (χ2v) is 8.20. The molecule has 2 amide bonds. The van der Waals surface area contributed by atoms with Gasteiger partial charge in [0.05, 0.1) is 14.2 Å². The van der Waals surface area contributed by atoms with Crippen molar-refractivity contribution in [2.45, 2.75) is 33.2 Å². The lowest BCUT2D eigenvalue weighted by Crippen LogP contribution is -2.50. The molecule has 0 aliphatic carbocycles. The van der Waals surface area contributed by atoms with Gasteiger partial charge in [-0.25, -0.2) is 0 Å². The van der Waals surface area contributed by atoms with Crippen molar-refractivity contribution in [2.75, 3.05) is 20.8 Å². The van der Waals surface area contributed by atoms with E-state index in [-0.39, 0.29) is 17.7 Å². The number of fused-ring (bicyclic) bond motifs is 1. The molecule has 1 heterocycles. The van der Waals surface area contributed by atoms with Gasteiger partial charge in [-0.15, -0.1) is 0 Å². The quantitative estimate of drug-likeness (QED) is 0.477. The fraction of sp³-hybridized carbons (Fsp3) is 0.360. The van der Waals surface area contributed by atoms with Crippen LogP contribution in [0.1, 0.15) is 35.3 Å². The molecule has 0 saturated heterocycles. The minimum absolute atomic E-state index is 0.0810. The number of ether oxygens (including phenoxy) is 2. The summed E-state index contributed by atoms with van der Waals surface area (Å²) in [4.78, 5) is 29.0. The number of benzene rings is 2. The first-order chi connectivity index (χ1) is 15.3. The number of aromatic amines is 1. The third kappa shape index (κ3) is 5.41. The molecular formula is C25H31N3O4. The number of nitrogens with one attached hydrogen (secondary N) is 3. The van der Waals surface area contributed by atoms with Crippen LogP contribution in [0.2, 0.25) is 0 Å². The maximum Gasteiger partial charge on any atom is 0.252 e. The number of methoxy groups -OCH3 is 2. The molecule has 0 fully saturated rings. The zero-order valence-corrected chi connectivity index (χ0v) is 19.2. The molecule has 3 aromatic rings. The lowest BCUT2D eigenvalue weighted by Gasteiger charge is -2.22. The Morgan fingerprint density at radius 3 is 2.34 bits per heavy atom. The molecule has 0 spiro atoms. The number of hydrogen-bond acceptors (Lipinski definition) is 4. The van der Waals surface area contributed by atoms with Gasteiger partial charge in [-0.2, -0.15) is 0 Å². The van der Waals surface area contributed by atoms with Gasteiger partial charge in [-0.05, 0) is 48.6 Å². The summed E-state index contributed by atoms with van der Waals surface area (Å²) in [5, 5.41) is 6.97. The van der Waals surface area contributed by atoms with Crippen molar-refractivity contribution in [1.82, 2.24) is 15.6 Å². The summed E-state index contributed by atoms with van der Waals surface area (Å²) in [6, 6.07) is 10.5. The van der Waals surface area contributed by atoms with Gasteiger partial charge in [-0.1, -0.05) is 26.0 Å². The van der Waals surface area contributed by atoms with E-state index in [1.807, 2.05) is 20.0 Å². The third-order valence-corrected chi connectivity index (χ3v) is 5.47. The van der Waals surface area contributed by atoms with Crippen molar-refractivity contribution in [3.05, 3.63) is 59.3 Å². The van der Waals surface area contributed by atoms with E-state index < -0.39 is 6.04 Å². The van der Waals surface area contributed by atoms with Crippen molar-refractivity contribution < 1.29 is 19.1 Å². The van der Waals surface area contributed by atoms with Crippen molar-refractivity contribution in [1.29, 1.82) is 0 Å². The fourth-order valence-corrected chi connectivity index (χ4v) is 3.64. The van der Waals surface area contributed by atoms with Gasteiger partial charge in [0.1, 0.15) is 17.5 Å². The molecule has 0 bridgehead atoms. The van der Waals surface area contributed by atoms with Gasteiger partial charge in [-0.3, -0.25) is 9.59 Å². The molecule has 3 N–H and O–H groups in total. The highest BCUT2D eigenvalue weighted by Gasteiger charge is 2.25.